The van der Waals surface area contributed by atoms with Crippen LogP contribution >= 0.6 is 0 Å². The Morgan fingerprint density at radius 3 is 2.62 bits per heavy atom. The van der Waals surface area contributed by atoms with Crippen LogP contribution in [-0.2, 0) is 47.5 Å². The summed E-state index contributed by atoms with van der Waals surface area (Å²) in [6.45, 7) is 4.77. The Balaban J connectivity index is 1.22. The molecule has 0 unspecified atom stereocenters. The molecular weight excluding hydrogens is 524 g/mol. The number of hydrogen-bond acceptors (Lipinski definition) is 11. The number of rotatable bonds is 0. The fourth-order valence-electron chi connectivity index (χ4n) is 8.73. The van der Waals surface area contributed by atoms with Crippen molar-refractivity contribution in [2.45, 2.75) is 93.0 Å². The maximum Gasteiger partial charge on any atom is 0.339 e. The maximum absolute atomic E-state index is 13.6. The molecule has 0 aromatic rings. The molecule has 8 aliphatic rings. The van der Waals surface area contributed by atoms with E-state index in [0.717, 1.165) is 6.42 Å². The molecule has 8 rings (SSSR count). The normalized spacial score (nSPS) is 55.6. The highest BCUT2D eigenvalue weighted by atomic mass is 16.7. The zero-order valence-electron chi connectivity index (χ0n) is 22.3. The van der Waals surface area contributed by atoms with Crippen molar-refractivity contribution < 1.29 is 52.6 Å². The van der Waals surface area contributed by atoms with Gasteiger partial charge in [-0.05, 0) is 25.8 Å². The Morgan fingerprint density at radius 1 is 1.00 bits per heavy atom. The van der Waals surface area contributed by atoms with Gasteiger partial charge in [-0.1, -0.05) is 30.7 Å². The third kappa shape index (κ3) is 2.85. The monoisotopic (exact) mass is 556 g/mol. The molecule has 0 amide bonds. The first-order chi connectivity index (χ1) is 19.1. The third-order valence-electron chi connectivity index (χ3n) is 11.2. The molecule has 5 saturated heterocycles. The number of aliphatic hydroxyl groups is 1. The van der Waals surface area contributed by atoms with Gasteiger partial charge in [0.05, 0.1) is 30.8 Å². The predicted octanol–water partition coefficient (Wildman–Crippen LogP) is 0.823. The number of cyclic esters (lactones) is 1. The second-order valence-electron chi connectivity index (χ2n) is 12.7. The summed E-state index contributed by atoms with van der Waals surface area (Å²) >= 11 is 0. The summed E-state index contributed by atoms with van der Waals surface area (Å²) in [5.74, 6) is -1.99. The predicted molar refractivity (Wildman–Crippen MR) is 131 cm³/mol. The Labute approximate surface area is 230 Å². The van der Waals surface area contributed by atoms with Crippen LogP contribution in [0.2, 0.25) is 0 Å². The van der Waals surface area contributed by atoms with Crippen molar-refractivity contribution in [2.75, 3.05) is 19.8 Å². The molecule has 0 radical (unpaired) electrons. The summed E-state index contributed by atoms with van der Waals surface area (Å²) in [5.41, 5.74) is -3.57. The average molecular weight is 557 g/mol. The number of ether oxygens (including phenoxy) is 7. The molecule has 11 nitrogen and oxygen atoms in total. The van der Waals surface area contributed by atoms with E-state index in [0.29, 0.717) is 19.4 Å². The summed E-state index contributed by atoms with van der Waals surface area (Å²) in [6, 6.07) is 0. The van der Waals surface area contributed by atoms with E-state index in [2.05, 4.69) is 19.9 Å². The van der Waals surface area contributed by atoms with E-state index in [9.17, 15) is 19.5 Å². The van der Waals surface area contributed by atoms with Crippen molar-refractivity contribution in [1.29, 1.82) is 0 Å². The molecule has 2 aliphatic carbocycles. The van der Waals surface area contributed by atoms with E-state index in [1.165, 1.54) is 29.9 Å². The molecule has 6 aliphatic heterocycles. The van der Waals surface area contributed by atoms with Gasteiger partial charge < -0.3 is 38.3 Å². The number of epoxide rings is 2. The third-order valence-corrected chi connectivity index (χ3v) is 11.2. The highest BCUT2D eigenvalue weighted by molar-refractivity contribution is 5.84. The lowest BCUT2D eigenvalue weighted by Gasteiger charge is -2.58. The topological polar surface area (TPSA) is 143 Å². The number of allylic oxidation sites excluding steroid dienone is 3. The Bertz CT molecular complexity index is 1300. The SMILES string of the molecule is CC1=C[C@@H]2O[C@H]3C[C@H]4OC(=O)/C=C/C=C/[C@]56OCC[C@@]7(O[C@H]7C(=O)OC[C@]2(CC1)[C@@]4(C)[C@@]31CO1)[C@H]5OC(=O)[C@H]6O. The molecule has 1 saturated carbocycles. The molecule has 214 valence electrons. The van der Waals surface area contributed by atoms with E-state index in [-0.39, 0.29) is 31.8 Å². The Kier molecular flexibility index (Phi) is 4.92. The number of carbonyl (C=O) groups excluding carboxylic acids is 3. The minimum Gasteiger partial charge on any atom is -0.463 e. The Morgan fingerprint density at radius 2 is 1.82 bits per heavy atom. The van der Waals surface area contributed by atoms with Crippen molar-refractivity contribution in [2.24, 2.45) is 10.8 Å². The van der Waals surface area contributed by atoms with Gasteiger partial charge in [-0.3, -0.25) is 0 Å². The number of esters is 3. The summed E-state index contributed by atoms with van der Waals surface area (Å²) in [5, 5.41) is 10.8. The van der Waals surface area contributed by atoms with Crippen LogP contribution in [0.3, 0.4) is 0 Å². The van der Waals surface area contributed by atoms with E-state index >= 15 is 0 Å². The van der Waals surface area contributed by atoms with Crippen molar-refractivity contribution >= 4 is 17.9 Å². The molecule has 11 atom stereocenters. The van der Waals surface area contributed by atoms with Crippen LogP contribution in [0.25, 0.3) is 0 Å². The largest absolute Gasteiger partial charge is 0.463 e. The van der Waals surface area contributed by atoms with Crippen LogP contribution in [0, 0.1) is 10.8 Å². The van der Waals surface area contributed by atoms with Crippen LogP contribution in [0.4, 0.5) is 0 Å². The highest BCUT2D eigenvalue weighted by Crippen LogP contribution is 2.72. The molecule has 6 fully saturated rings. The van der Waals surface area contributed by atoms with Gasteiger partial charge in [-0.15, -0.1) is 0 Å². The lowest BCUT2D eigenvalue weighted by molar-refractivity contribution is -0.233. The van der Waals surface area contributed by atoms with Crippen LogP contribution in [0.5, 0.6) is 0 Å². The first kappa shape index (κ1) is 25.2. The average Bonchev–Trinajstić information content (AvgIpc) is 3.83. The highest BCUT2D eigenvalue weighted by Gasteiger charge is 2.83. The van der Waals surface area contributed by atoms with E-state index in [4.69, 9.17) is 33.2 Å². The fourth-order valence-corrected chi connectivity index (χ4v) is 8.73. The molecule has 11 heteroatoms. The van der Waals surface area contributed by atoms with Crippen LogP contribution in [0.1, 0.15) is 39.5 Å². The zero-order valence-corrected chi connectivity index (χ0v) is 22.3. The van der Waals surface area contributed by atoms with E-state index in [1.54, 1.807) is 0 Å². The molecular formula is C29H32O11. The molecule has 6 heterocycles. The lowest BCUT2D eigenvalue weighted by Crippen LogP contribution is -2.67. The van der Waals surface area contributed by atoms with Crippen LogP contribution in [-0.4, -0.2) is 96.3 Å². The van der Waals surface area contributed by atoms with Crippen LogP contribution < -0.4 is 0 Å². The first-order valence-electron chi connectivity index (χ1n) is 14.0. The molecule has 0 aromatic carbocycles. The number of hydrogen-bond donors (Lipinski definition) is 1. The molecule has 3 spiro atoms. The molecule has 40 heavy (non-hydrogen) atoms. The van der Waals surface area contributed by atoms with Crippen molar-refractivity contribution in [1.82, 2.24) is 0 Å². The zero-order chi connectivity index (χ0) is 27.7. The molecule has 1 N–H and O–H groups in total. The fraction of sp³-hybridized carbons (Fsp3) is 0.690. The standard InChI is InChI=1S/C29H32O11/c1-15-6-8-26-13-34-23(33)21-28(40-21)9-10-35-27(20(31)22(32)39-24(27)28)7-4-3-5-19(30)38-16-12-18(37-17(26)11-15)29(14-36-29)25(16,26)2/h3-5,7,11,16-18,20-21,24,31H,6,8-10,12-14H2,1-2H3/b5-3+,7-4+/t16-,17+,18+,20-,21+,24+,25+,26+,27-,28+,29-/m1/s1. The minimum atomic E-state index is -1.62. The quantitative estimate of drug-likeness (QED) is 0.196. The van der Waals surface area contributed by atoms with E-state index < -0.39 is 70.0 Å². The van der Waals surface area contributed by atoms with Crippen molar-refractivity contribution in [3.8, 4) is 0 Å². The van der Waals surface area contributed by atoms with Crippen LogP contribution in [0.15, 0.2) is 36.0 Å². The summed E-state index contributed by atoms with van der Waals surface area (Å²) in [7, 11) is 0. The van der Waals surface area contributed by atoms with Gasteiger partial charge >= 0.3 is 17.9 Å². The van der Waals surface area contributed by atoms with Gasteiger partial charge in [-0.25, -0.2) is 14.4 Å². The number of carbonyl (C=O) groups is 3. The molecule has 4 bridgehead atoms. The summed E-state index contributed by atoms with van der Waals surface area (Å²) < 4.78 is 42.4. The summed E-state index contributed by atoms with van der Waals surface area (Å²) in [4.78, 5) is 39.2. The first-order valence-corrected chi connectivity index (χ1v) is 14.0. The maximum atomic E-state index is 13.6. The van der Waals surface area contributed by atoms with Crippen molar-refractivity contribution in [3.63, 3.8) is 0 Å². The smallest absolute Gasteiger partial charge is 0.339 e. The summed E-state index contributed by atoms with van der Waals surface area (Å²) in [6.07, 6.45) is 5.27. The van der Waals surface area contributed by atoms with Gasteiger partial charge in [-0.2, -0.15) is 0 Å². The van der Waals surface area contributed by atoms with Gasteiger partial charge in [0.1, 0.15) is 23.9 Å². The number of aliphatic hydroxyl groups excluding tert-OH is 1. The Hall–Kier alpha value is -2.57. The lowest BCUT2D eigenvalue weighted by atomic mass is 9.51. The van der Waals surface area contributed by atoms with Gasteiger partial charge in [0.25, 0.3) is 0 Å². The van der Waals surface area contributed by atoms with Gasteiger partial charge in [0.2, 0.25) is 0 Å². The minimum absolute atomic E-state index is 0.0169. The second-order valence-corrected chi connectivity index (χ2v) is 12.7. The van der Waals surface area contributed by atoms with Gasteiger partial charge in [0, 0.05) is 24.3 Å². The molecule has 0 aromatic heterocycles. The van der Waals surface area contributed by atoms with Gasteiger partial charge in [0.15, 0.2) is 23.9 Å². The second kappa shape index (κ2) is 7.83. The van der Waals surface area contributed by atoms with Crippen molar-refractivity contribution in [3.05, 3.63) is 36.0 Å². The van der Waals surface area contributed by atoms with E-state index in [1.807, 2.05) is 0 Å².